The van der Waals surface area contributed by atoms with Crippen molar-refractivity contribution in [3.8, 4) is 17.6 Å². The molecule has 0 aliphatic heterocycles. The van der Waals surface area contributed by atoms with Gasteiger partial charge in [-0.3, -0.25) is 0 Å². The Kier molecular flexibility index (Phi) is 6.17. The maximum absolute atomic E-state index is 8.92. The molecule has 0 saturated carbocycles. The SMILES string of the molecule is COc1ccc(OCCCCC(C)(C)C#N)c(Br)c1. The van der Waals surface area contributed by atoms with E-state index in [-0.39, 0.29) is 5.41 Å². The molecular formula is C15H20BrNO2. The van der Waals surface area contributed by atoms with E-state index in [2.05, 4.69) is 22.0 Å². The Morgan fingerprint density at radius 1 is 1.32 bits per heavy atom. The summed E-state index contributed by atoms with van der Waals surface area (Å²) in [6, 6.07) is 7.96. The highest BCUT2D eigenvalue weighted by Gasteiger charge is 2.15. The van der Waals surface area contributed by atoms with E-state index in [0.717, 1.165) is 35.2 Å². The fourth-order valence-electron chi connectivity index (χ4n) is 1.63. The molecule has 4 heteroatoms. The lowest BCUT2D eigenvalue weighted by atomic mass is 9.89. The highest BCUT2D eigenvalue weighted by Crippen LogP contribution is 2.29. The summed E-state index contributed by atoms with van der Waals surface area (Å²) in [4.78, 5) is 0. The van der Waals surface area contributed by atoms with Gasteiger partial charge in [0.2, 0.25) is 0 Å². The first-order chi connectivity index (χ1) is 8.98. The van der Waals surface area contributed by atoms with Crippen molar-refractivity contribution < 1.29 is 9.47 Å². The molecule has 0 aromatic heterocycles. The van der Waals surface area contributed by atoms with Crippen LogP contribution in [0.5, 0.6) is 11.5 Å². The molecule has 3 nitrogen and oxygen atoms in total. The summed E-state index contributed by atoms with van der Waals surface area (Å²) < 4.78 is 11.7. The predicted octanol–water partition coefficient (Wildman–Crippen LogP) is 4.56. The fraction of sp³-hybridized carbons (Fsp3) is 0.533. The maximum Gasteiger partial charge on any atom is 0.133 e. The highest BCUT2D eigenvalue weighted by atomic mass is 79.9. The number of methoxy groups -OCH3 is 1. The van der Waals surface area contributed by atoms with Crippen LogP contribution in [0.15, 0.2) is 22.7 Å². The van der Waals surface area contributed by atoms with Crippen LogP contribution in [0.3, 0.4) is 0 Å². The van der Waals surface area contributed by atoms with E-state index >= 15 is 0 Å². The van der Waals surface area contributed by atoms with Crippen LogP contribution in [-0.2, 0) is 0 Å². The normalized spacial score (nSPS) is 10.9. The summed E-state index contributed by atoms with van der Waals surface area (Å²) in [6.45, 7) is 4.59. The zero-order valence-electron chi connectivity index (χ0n) is 11.7. The second-order valence-corrected chi connectivity index (χ2v) is 5.95. The summed E-state index contributed by atoms with van der Waals surface area (Å²) in [6.07, 6.45) is 2.84. The summed E-state index contributed by atoms with van der Waals surface area (Å²) >= 11 is 3.45. The van der Waals surface area contributed by atoms with E-state index < -0.39 is 0 Å². The smallest absolute Gasteiger partial charge is 0.133 e. The molecule has 0 heterocycles. The zero-order chi connectivity index (χ0) is 14.3. The molecule has 104 valence electrons. The van der Waals surface area contributed by atoms with Crippen LogP contribution >= 0.6 is 15.9 Å². The third kappa shape index (κ3) is 5.52. The Bertz CT molecular complexity index is 452. The molecule has 0 N–H and O–H groups in total. The van der Waals surface area contributed by atoms with Gasteiger partial charge < -0.3 is 9.47 Å². The first-order valence-electron chi connectivity index (χ1n) is 6.36. The minimum absolute atomic E-state index is 0.235. The van der Waals surface area contributed by atoms with Gasteiger partial charge in [0.05, 0.1) is 29.7 Å². The number of unbranched alkanes of at least 4 members (excludes halogenated alkanes) is 1. The minimum atomic E-state index is -0.235. The number of hydrogen-bond acceptors (Lipinski definition) is 3. The maximum atomic E-state index is 8.92. The van der Waals surface area contributed by atoms with Crippen LogP contribution in [0.25, 0.3) is 0 Å². The number of rotatable bonds is 7. The van der Waals surface area contributed by atoms with Gasteiger partial charge in [0.1, 0.15) is 11.5 Å². The lowest BCUT2D eigenvalue weighted by molar-refractivity contribution is 0.293. The van der Waals surface area contributed by atoms with Crippen molar-refractivity contribution >= 4 is 15.9 Å². The van der Waals surface area contributed by atoms with E-state index in [4.69, 9.17) is 14.7 Å². The third-order valence-corrected chi connectivity index (χ3v) is 3.52. The van der Waals surface area contributed by atoms with Gasteiger partial charge in [-0.25, -0.2) is 0 Å². The molecule has 0 atom stereocenters. The molecule has 1 aromatic rings. The first kappa shape index (κ1) is 15.8. The number of ether oxygens (including phenoxy) is 2. The van der Waals surface area contributed by atoms with Gasteiger partial charge in [0.25, 0.3) is 0 Å². The number of hydrogen-bond donors (Lipinski definition) is 0. The molecule has 0 radical (unpaired) electrons. The van der Waals surface area contributed by atoms with Gasteiger partial charge >= 0.3 is 0 Å². The van der Waals surface area contributed by atoms with Gasteiger partial charge in [0, 0.05) is 0 Å². The van der Waals surface area contributed by atoms with Crippen molar-refractivity contribution in [3.05, 3.63) is 22.7 Å². The van der Waals surface area contributed by atoms with E-state index in [9.17, 15) is 0 Å². The summed E-state index contributed by atoms with van der Waals surface area (Å²) in [5.41, 5.74) is -0.235. The molecule has 0 unspecified atom stereocenters. The van der Waals surface area contributed by atoms with Crippen molar-refractivity contribution in [3.63, 3.8) is 0 Å². The fourth-order valence-corrected chi connectivity index (χ4v) is 2.10. The van der Waals surface area contributed by atoms with E-state index in [1.54, 1.807) is 7.11 Å². The van der Waals surface area contributed by atoms with Crippen LogP contribution in [0.1, 0.15) is 33.1 Å². The van der Waals surface area contributed by atoms with E-state index in [1.165, 1.54) is 0 Å². The molecule has 0 aliphatic carbocycles. The topological polar surface area (TPSA) is 42.2 Å². The van der Waals surface area contributed by atoms with E-state index in [0.29, 0.717) is 6.61 Å². The molecule has 0 aliphatic rings. The standard InChI is InChI=1S/C15H20BrNO2/c1-15(2,11-17)8-4-5-9-19-14-7-6-12(18-3)10-13(14)16/h6-7,10H,4-5,8-9H2,1-3H3. The molecule has 0 saturated heterocycles. The average Bonchev–Trinajstić information content (AvgIpc) is 2.39. The number of halogens is 1. The minimum Gasteiger partial charge on any atom is -0.497 e. The third-order valence-electron chi connectivity index (χ3n) is 2.90. The summed E-state index contributed by atoms with van der Waals surface area (Å²) in [7, 11) is 1.64. The molecule has 0 fully saturated rings. The highest BCUT2D eigenvalue weighted by molar-refractivity contribution is 9.10. The van der Waals surface area contributed by atoms with Gasteiger partial charge in [-0.05, 0) is 67.2 Å². The molecular weight excluding hydrogens is 306 g/mol. The van der Waals surface area contributed by atoms with Crippen LogP contribution in [0, 0.1) is 16.7 Å². The Morgan fingerprint density at radius 3 is 2.63 bits per heavy atom. The van der Waals surface area contributed by atoms with Crippen molar-refractivity contribution in [2.45, 2.75) is 33.1 Å². The van der Waals surface area contributed by atoms with Crippen molar-refractivity contribution in [2.24, 2.45) is 5.41 Å². The Hall–Kier alpha value is -1.21. The molecule has 0 amide bonds. The average molecular weight is 326 g/mol. The lowest BCUT2D eigenvalue weighted by Crippen LogP contribution is -2.08. The van der Waals surface area contributed by atoms with Crippen molar-refractivity contribution in [1.82, 2.24) is 0 Å². The largest absolute Gasteiger partial charge is 0.497 e. The molecule has 0 bridgehead atoms. The second kappa shape index (κ2) is 7.40. The van der Waals surface area contributed by atoms with Gasteiger partial charge in [-0.2, -0.15) is 5.26 Å². The Balaban J connectivity index is 2.32. The van der Waals surface area contributed by atoms with E-state index in [1.807, 2.05) is 32.0 Å². The van der Waals surface area contributed by atoms with Crippen LogP contribution in [0.4, 0.5) is 0 Å². The summed E-state index contributed by atoms with van der Waals surface area (Å²) in [5, 5.41) is 8.92. The summed E-state index contributed by atoms with van der Waals surface area (Å²) in [5.74, 6) is 1.62. The number of nitrogens with zero attached hydrogens (tertiary/aromatic N) is 1. The zero-order valence-corrected chi connectivity index (χ0v) is 13.3. The van der Waals surface area contributed by atoms with Crippen molar-refractivity contribution in [1.29, 1.82) is 5.26 Å². The second-order valence-electron chi connectivity index (χ2n) is 5.10. The molecule has 0 spiro atoms. The first-order valence-corrected chi connectivity index (χ1v) is 7.15. The molecule has 1 aromatic carbocycles. The number of nitriles is 1. The molecule has 19 heavy (non-hydrogen) atoms. The van der Waals surface area contributed by atoms with Crippen LogP contribution < -0.4 is 9.47 Å². The van der Waals surface area contributed by atoms with Gasteiger partial charge in [-0.1, -0.05) is 0 Å². The number of benzene rings is 1. The van der Waals surface area contributed by atoms with Gasteiger partial charge in [-0.15, -0.1) is 0 Å². The van der Waals surface area contributed by atoms with Gasteiger partial charge in [0.15, 0.2) is 0 Å². The predicted molar refractivity (Wildman–Crippen MR) is 79.4 cm³/mol. The Morgan fingerprint density at radius 2 is 2.05 bits per heavy atom. The quantitative estimate of drug-likeness (QED) is 0.690. The Labute approximate surface area is 123 Å². The molecule has 1 rings (SSSR count). The monoisotopic (exact) mass is 325 g/mol. The lowest BCUT2D eigenvalue weighted by Gasteiger charge is -2.14. The van der Waals surface area contributed by atoms with Crippen LogP contribution in [0.2, 0.25) is 0 Å². The van der Waals surface area contributed by atoms with Crippen LogP contribution in [-0.4, -0.2) is 13.7 Å². The van der Waals surface area contributed by atoms with Crippen molar-refractivity contribution in [2.75, 3.05) is 13.7 Å².